The van der Waals surface area contributed by atoms with Crippen LogP contribution in [0.3, 0.4) is 0 Å². The van der Waals surface area contributed by atoms with Crippen LogP contribution in [0.5, 0.6) is 0 Å². The van der Waals surface area contributed by atoms with Gasteiger partial charge in [-0.05, 0) is 73.1 Å². The lowest BCUT2D eigenvalue weighted by molar-refractivity contribution is -0.115. The van der Waals surface area contributed by atoms with E-state index in [1.807, 2.05) is 38.1 Å². The van der Waals surface area contributed by atoms with E-state index in [2.05, 4.69) is 16.7 Å². The molecular weight excluding hydrogens is 328 g/mol. The Labute approximate surface area is 146 Å². The maximum Gasteiger partial charge on any atom is 0.250 e. The molecule has 0 bridgehead atoms. The van der Waals surface area contributed by atoms with Gasteiger partial charge in [-0.15, -0.1) is 0 Å². The monoisotopic (exact) mass is 344 g/mol. The SMILES string of the molecule is Cc1cc(C)cc(NC(=S)NC(=O)/C=C/c2ccc(Cl)cc2)c1. The molecule has 0 aliphatic carbocycles. The summed E-state index contributed by atoms with van der Waals surface area (Å²) in [5.74, 6) is -0.290. The van der Waals surface area contributed by atoms with Crippen molar-refractivity contribution in [2.24, 2.45) is 0 Å². The van der Waals surface area contributed by atoms with Crippen molar-refractivity contribution in [2.75, 3.05) is 5.32 Å². The number of hydrogen-bond donors (Lipinski definition) is 2. The Kier molecular flexibility index (Phi) is 5.90. The molecule has 1 amide bonds. The topological polar surface area (TPSA) is 41.1 Å². The van der Waals surface area contributed by atoms with E-state index >= 15 is 0 Å². The second-order valence-corrected chi connectivity index (χ2v) is 6.05. The molecule has 0 heterocycles. The minimum Gasteiger partial charge on any atom is -0.332 e. The molecule has 5 heteroatoms. The molecule has 0 atom stereocenters. The van der Waals surface area contributed by atoms with Crippen molar-refractivity contribution in [3.05, 3.63) is 70.3 Å². The van der Waals surface area contributed by atoms with E-state index in [0.717, 1.165) is 22.4 Å². The summed E-state index contributed by atoms with van der Waals surface area (Å²) < 4.78 is 0. The lowest BCUT2D eigenvalue weighted by atomic mass is 10.1. The zero-order valence-electron chi connectivity index (χ0n) is 12.9. The summed E-state index contributed by atoms with van der Waals surface area (Å²) in [6.45, 7) is 4.02. The summed E-state index contributed by atoms with van der Waals surface area (Å²) in [5.41, 5.74) is 4.00. The van der Waals surface area contributed by atoms with E-state index in [1.54, 1.807) is 18.2 Å². The van der Waals surface area contributed by atoms with Crippen molar-refractivity contribution in [1.82, 2.24) is 5.32 Å². The molecule has 0 spiro atoms. The number of carbonyl (C=O) groups is 1. The van der Waals surface area contributed by atoms with Crippen molar-refractivity contribution >= 4 is 46.6 Å². The molecule has 0 unspecified atom stereocenters. The Hall–Kier alpha value is -2.17. The van der Waals surface area contributed by atoms with Crippen LogP contribution in [0.2, 0.25) is 5.02 Å². The fourth-order valence-electron chi connectivity index (χ4n) is 2.11. The second-order valence-electron chi connectivity index (χ2n) is 5.20. The van der Waals surface area contributed by atoms with Crippen LogP contribution in [0.1, 0.15) is 16.7 Å². The maximum absolute atomic E-state index is 11.9. The number of benzene rings is 2. The number of carbonyl (C=O) groups excluding carboxylic acids is 1. The highest BCUT2D eigenvalue weighted by Gasteiger charge is 2.02. The third-order valence-electron chi connectivity index (χ3n) is 3.01. The Morgan fingerprint density at radius 1 is 1.09 bits per heavy atom. The average Bonchev–Trinajstić information content (AvgIpc) is 2.45. The zero-order valence-corrected chi connectivity index (χ0v) is 14.5. The first-order chi connectivity index (χ1) is 10.9. The predicted octanol–water partition coefficient (Wildman–Crippen LogP) is 4.48. The zero-order chi connectivity index (χ0) is 16.8. The number of nitrogens with one attached hydrogen (secondary N) is 2. The molecule has 2 aromatic rings. The van der Waals surface area contributed by atoms with Crippen molar-refractivity contribution in [3.63, 3.8) is 0 Å². The van der Waals surface area contributed by atoms with E-state index in [1.165, 1.54) is 6.08 Å². The maximum atomic E-state index is 11.9. The number of halogens is 1. The highest BCUT2D eigenvalue weighted by molar-refractivity contribution is 7.80. The van der Waals surface area contributed by atoms with E-state index in [-0.39, 0.29) is 11.0 Å². The molecule has 0 saturated carbocycles. The highest BCUT2D eigenvalue weighted by Crippen LogP contribution is 2.13. The molecule has 2 N–H and O–H groups in total. The smallest absolute Gasteiger partial charge is 0.250 e. The van der Waals surface area contributed by atoms with Crippen molar-refractivity contribution in [2.45, 2.75) is 13.8 Å². The standard InChI is InChI=1S/C18H17ClN2OS/c1-12-9-13(2)11-16(10-12)20-18(23)21-17(22)8-5-14-3-6-15(19)7-4-14/h3-11H,1-2H3,(H2,20,21,22,23)/b8-5+. The molecule has 3 nitrogen and oxygen atoms in total. The summed E-state index contributed by atoms with van der Waals surface area (Å²) in [6.07, 6.45) is 3.13. The minimum absolute atomic E-state index is 0.265. The van der Waals surface area contributed by atoms with Crippen molar-refractivity contribution < 1.29 is 4.79 Å². The number of rotatable bonds is 3. The van der Waals surface area contributed by atoms with Gasteiger partial charge in [0.2, 0.25) is 5.91 Å². The molecular formula is C18H17ClN2OS. The molecule has 0 aliphatic heterocycles. The van der Waals surface area contributed by atoms with Crippen LogP contribution in [0.4, 0.5) is 5.69 Å². The molecule has 118 valence electrons. The van der Waals surface area contributed by atoms with E-state index < -0.39 is 0 Å². The Balaban J connectivity index is 1.91. The molecule has 0 radical (unpaired) electrons. The predicted molar refractivity (Wildman–Crippen MR) is 101 cm³/mol. The number of anilines is 1. The first kappa shape index (κ1) is 17.2. The van der Waals surface area contributed by atoms with Crippen LogP contribution in [0.15, 0.2) is 48.5 Å². The first-order valence-electron chi connectivity index (χ1n) is 7.06. The van der Waals surface area contributed by atoms with E-state index in [4.69, 9.17) is 23.8 Å². The number of hydrogen-bond acceptors (Lipinski definition) is 2. The Morgan fingerprint density at radius 3 is 2.30 bits per heavy atom. The quantitative estimate of drug-likeness (QED) is 0.637. The van der Waals surface area contributed by atoms with Crippen molar-refractivity contribution in [3.8, 4) is 0 Å². The molecule has 2 aromatic carbocycles. The number of thiocarbonyl (C=S) groups is 1. The highest BCUT2D eigenvalue weighted by atomic mass is 35.5. The number of amides is 1. The van der Waals surface area contributed by atoms with Gasteiger partial charge >= 0.3 is 0 Å². The summed E-state index contributed by atoms with van der Waals surface area (Å²) in [4.78, 5) is 11.9. The van der Waals surface area contributed by atoms with E-state index in [9.17, 15) is 4.79 Å². The lowest BCUT2D eigenvalue weighted by Gasteiger charge is -2.09. The summed E-state index contributed by atoms with van der Waals surface area (Å²) in [7, 11) is 0. The van der Waals surface area contributed by atoms with Gasteiger partial charge in [0.15, 0.2) is 5.11 Å². The van der Waals surface area contributed by atoms with Gasteiger partial charge in [0.1, 0.15) is 0 Å². The fraction of sp³-hybridized carbons (Fsp3) is 0.111. The van der Waals surface area contributed by atoms with E-state index in [0.29, 0.717) is 5.02 Å². The molecule has 23 heavy (non-hydrogen) atoms. The van der Waals surface area contributed by atoms with Crippen LogP contribution in [0, 0.1) is 13.8 Å². The number of aryl methyl sites for hydroxylation is 2. The minimum atomic E-state index is -0.290. The molecule has 0 saturated heterocycles. The normalized spacial score (nSPS) is 10.6. The van der Waals surface area contributed by atoms with Crippen LogP contribution in [-0.4, -0.2) is 11.0 Å². The van der Waals surface area contributed by atoms with Crippen LogP contribution >= 0.6 is 23.8 Å². The van der Waals surface area contributed by atoms with Gasteiger partial charge < -0.3 is 5.32 Å². The van der Waals surface area contributed by atoms with Gasteiger partial charge in [-0.25, -0.2) is 0 Å². The fourth-order valence-corrected chi connectivity index (χ4v) is 2.45. The van der Waals surface area contributed by atoms with Gasteiger partial charge in [-0.2, -0.15) is 0 Å². The molecule has 0 aliphatic rings. The summed E-state index contributed by atoms with van der Waals surface area (Å²) in [6, 6.07) is 13.2. The average molecular weight is 345 g/mol. The molecule has 0 aromatic heterocycles. The van der Waals surface area contributed by atoms with Crippen LogP contribution in [-0.2, 0) is 4.79 Å². The largest absolute Gasteiger partial charge is 0.332 e. The Morgan fingerprint density at radius 2 is 1.70 bits per heavy atom. The van der Waals surface area contributed by atoms with Crippen LogP contribution < -0.4 is 10.6 Å². The Bertz CT molecular complexity index is 734. The lowest BCUT2D eigenvalue weighted by Crippen LogP contribution is -2.32. The third kappa shape index (κ3) is 5.85. The van der Waals surface area contributed by atoms with Crippen LogP contribution in [0.25, 0.3) is 6.08 Å². The summed E-state index contributed by atoms with van der Waals surface area (Å²) >= 11 is 11.0. The molecule has 2 rings (SSSR count). The van der Waals surface area contributed by atoms with Gasteiger partial charge in [0.05, 0.1) is 0 Å². The molecule has 0 fully saturated rings. The van der Waals surface area contributed by atoms with Gasteiger partial charge in [0, 0.05) is 16.8 Å². The van der Waals surface area contributed by atoms with Gasteiger partial charge in [-0.3, -0.25) is 10.1 Å². The second kappa shape index (κ2) is 7.90. The third-order valence-corrected chi connectivity index (χ3v) is 3.47. The van der Waals surface area contributed by atoms with Gasteiger partial charge in [0.25, 0.3) is 0 Å². The van der Waals surface area contributed by atoms with Gasteiger partial charge in [-0.1, -0.05) is 29.8 Å². The van der Waals surface area contributed by atoms with Crippen molar-refractivity contribution in [1.29, 1.82) is 0 Å². The first-order valence-corrected chi connectivity index (χ1v) is 7.85. The summed E-state index contributed by atoms with van der Waals surface area (Å²) in [5, 5.41) is 6.55.